The average molecular weight is 349 g/mol. The van der Waals surface area contributed by atoms with Gasteiger partial charge in [-0.2, -0.15) is 5.10 Å². The number of nitrogens with zero attached hydrogens (tertiary/aromatic N) is 1. The van der Waals surface area contributed by atoms with Gasteiger partial charge in [-0.25, -0.2) is 5.10 Å². The Morgan fingerprint density at radius 3 is 2.85 bits per heavy atom. The van der Waals surface area contributed by atoms with Gasteiger partial charge in [0, 0.05) is 11.5 Å². The van der Waals surface area contributed by atoms with Crippen molar-refractivity contribution in [3.05, 3.63) is 70.2 Å². The highest BCUT2D eigenvalue weighted by molar-refractivity contribution is 5.92. The van der Waals surface area contributed by atoms with Gasteiger partial charge in [0.2, 0.25) is 12.7 Å². The molecular weight excluding hydrogens is 334 g/mol. The topological polar surface area (TPSA) is 93.3 Å². The van der Waals surface area contributed by atoms with Crippen LogP contribution in [0.4, 0.5) is 0 Å². The van der Waals surface area contributed by atoms with E-state index in [2.05, 4.69) is 15.5 Å². The normalized spacial score (nSPS) is 12.6. The number of aromatic nitrogens is 2. The van der Waals surface area contributed by atoms with Crippen LogP contribution >= 0.6 is 0 Å². The summed E-state index contributed by atoms with van der Waals surface area (Å²) in [6.07, 6.45) is 3.13. The molecular formula is C19H15N3O4. The summed E-state index contributed by atoms with van der Waals surface area (Å²) >= 11 is 0. The minimum atomic E-state index is -0.264. The third-order valence-corrected chi connectivity index (χ3v) is 4.03. The van der Waals surface area contributed by atoms with Crippen LogP contribution < -0.4 is 20.3 Å². The number of hydrogen-bond acceptors (Lipinski definition) is 5. The van der Waals surface area contributed by atoms with E-state index in [9.17, 15) is 9.59 Å². The standard InChI is InChI=1S/C19H15N3O4/c23-18(8-6-12-5-7-16-17(9-12)26-11-25-16)20-10-15-13-3-1-2-4-14(13)19(24)22-21-15/h1-9H,10-11H2,(H,20,23)(H,22,24)/b8-6+. The van der Waals surface area contributed by atoms with Crippen molar-refractivity contribution in [3.8, 4) is 11.5 Å². The van der Waals surface area contributed by atoms with E-state index in [1.807, 2.05) is 24.3 Å². The fourth-order valence-corrected chi connectivity index (χ4v) is 2.72. The Morgan fingerprint density at radius 2 is 1.96 bits per heavy atom. The van der Waals surface area contributed by atoms with Crippen molar-refractivity contribution in [1.29, 1.82) is 0 Å². The molecule has 2 aromatic carbocycles. The monoisotopic (exact) mass is 349 g/mol. The summed E-state index contributed by atoms with van der Waals surface area (Å²) in [5.74, 6) is 1.10. The summed E-state index contributed by atoms with van der Waals surface area (Å²) < 4.78 is 10.6. The van der Waals surface area contributed by atoms with Gasteiger partial charge < -0.3 is 14.8 Å². The molecule has 2 N–H and O–H groups in total. The van der Waals surface area contributed by atoms with E-state index in [0.29, 0.717) is 22.6 Å². The Labute approximate surface area is 148 Å². The summed E-state index contributed by atoms with van der Waals surface area (Å²) in [5.41, 5.74) is 1.18. The zero-order chi connectivity index (χ0) is 17.9. The molecule has 0 bridgehead atoms. The third kappa shape index (κ3) is 3.14. The fourth-order valence-electron chi connectivity index (χ4n) is 2.72. The molecule has 0 unspecified atom stereocenters. The number of amides is 1. The first-order chi connectivity index (χ1) is 12.7. The van der Waals surface area contributed by atoms with E-state index < -0.39 is 0 Å². The quantitative estimate of drug-likeness (QED) is 0.703. The summed E-state index contributed by atoms with van der Waals surface area (Å²) in [4.78, 5) is 23.8. The molecule has 0 aliphatic carbocycles. The van der Waals surface area contributed by atoms with E-state index in [1.165, 1.54) is 6.08 Å². The number of carbonyl (C=O) groups excluding carboxylic acids is 1. The number of fused-ring (bicyclic) bond motifs is 2. The van der Waals surface area contributed by atoms with Crippen LogP contribution in [0, 0.1) is 0 Å². The van der Waals surface area contributed by atoms with Crippen molar-refractivity contribution >= 4 is 22.8 Å². The first-order valence-electron chi connectivity index (χ1n) is 8.02. The molecule has 2 heterocycles. The molecule has 0 radical (unpaired) electrons. The Bertz CT molecular complexity index is 1070. The number of ether oxygens (including phenoxy) is 2. The predicted molar refractivity (Wildman–Crippen MR) is 95.8 cm³/mol. The Kier molecular flexibility index (Phi) is 4.10. The number of carbonyl (C=O) groups is 1. The molecule has 0 saturated heterocycles. The molecule has 4 rings (SSSR count). The third-order valence-electron chi connectivity index (χ3n) is 4.03. The molecule has 0 fully saturated rings. The molecule has 3 aromatic rings. The van der Waals surface area contributed by atoms with E-state index >= 15 is 0 Å². The lowest BCUT2D eigenvalue weighted by Crippen LogP contribution is -2.22. The minimum Gasteiger partial charge on any atom is -0.454 e. The largest absolute Gasteiger partial charge is 0.454 e. The number of H-pyrrole nitrogens is 1. The molecule has 0 spiro atoms. The van der Waals surface area contributed by atoms with Crippen LogP contribution in [0.1, 0.15) is 11.3 Å². The van der Waals surface area contributed by atoms with Crippen molar-refractivity contribution < 1.29 is 14.3 Å². The maximum Gasteiger partial charge on any atom is 0.272 e. The predicted octanol–water partition coefficient (Wildman–Crippen LogP) is 1.98. The molecule has 1 aliphatic rings. The molecule has 1 aromatic heterocycles. The van der Waals surface area contributed by atoms with Crippen LogP contribution in [-0.4, -0.2) is 22.9 Å². The van der Waals surface area contributed by atoms with Crippen molar-refractivity contribution in [3.63, 3.8) is 0 Å². The fraction of sp³-hybridized carbons (Fsp3) is 0.105. The molecule has 130 valence electrons. The van der Waals surface area contributed by atoms with Gasteiger partial charge in [0.25, 0.3) is 5.56 Å². The molecule has 7 heteroatoms. The van der Waals surface area contributed by atoms with E-state index in [0.717, 1.165) is 10.9 Å². The van der Waals surface area contributed by atoms with Gasteiger partial charge in [-0.15, -0.1) is 0 Å². The maximum atomic E-state index is 12.1. The highest BCUT2D eigenvalue weighted by atomic mass is 16.7. The Hall–Kier alpha value is -3.61. The second-order valence-electron chi connectivity index (χ2n) is 5.71. The number of hydrogen-bond donors (Lipinski definition) is 2. The molecule has 1 amide bonds. The molecule has 0 atom stereocenters. The Morgan fingerprint density at radius 1 is 1.15 bits per heavy atom. The number of rotatable bonds is 4. The lowest BCUT2D eigenvalue weighted by molar-refractivity contribution is -0.116. The average Bonchev–Trinajstić information content (AvgIpc) is 3.14. The van der Waals surface area contributed by atoms with Crippen LogP contribution in [0.25, 0.3) is 16.8 Å². The van der Waals surface area contributed by atoms with Gasteiger partial charge in [-0.1, -0.05) is 24.3 Å². The van der Waals surface area contributed by atoms with Gasteiger partial charge in [0.05, 0.1) is 17.6 Å². The van der Waals surface area contributed by atoms with E-state index in [1.54, 1.807) is 24.3 Å². The summed E-state index contributed by atoms with van der Waals surface area (Å²) in [7, 11) is 0. The van der Waals surface area contributed by atoms with Gasteiger partial charge in [-0.05, 0) is 29.8 Å². The molecule has 26 heavy (non-hydrogen) atoms. The molecule has 7 nitrogen and oxygen atoms in total. The van der Waals surface area contributed by atoms with Crippen molar-refractivity contribution in [1.82, 2.24) is 15.5 Å². The smallest absolute Gasteiger partial charge is 0.272 e. The van der Waals surface area contributed by atoms with Crippen LogP contribution in [0.2, 0.25) is 0 Å². The second-order valence-corrected chi connectivity index (χ2v) is 5.71. The van der Waals surface area contributed by atoms with Gasteiger partial charge in [0.15, 0.2) is 11.5 Å². The number of aromatic amines is 1. The van der Waals surface area contributed by atoms with Crippen molar-refractivity contribution in [2.45, 2.75) is 6.54 Å². The zero-order valence-electron chi connectivity index (χ0n) is 13.7. The lowest BCUT2D eigenvalue weighted by atomic mass is 10.1. The first-order valence-corrected chi connectivity index (χ1v) is 8.02. The van der Waals surface area contributed by atoms with Gasteiger partial charge in [-0.3, -0.25) is 9.59 Å². The second kappa shape index (κ2) is 6.72. The Balaban J connectivity index is 1.45. The van der Waals surface area contributed by atoms with Crippen LogP contribution in [0.3, 0.4) is 0 Å². The van der Waals surface area contributed by atoms with Crippen LogP contribution in [0.5, 0.6) is 11.5 Å². The van der Waals surface area contributed by atoms with Crippen LogP contribution in [0.15, 0.2) is 53.3 Å². The SMILES string of the molecule is O=C(/C=C/c1ccc2c(c1)OCO2)NCc1n[nH]c(=O)c2ccccc12. The summed E-state index contributed by atoms with van der Waals surface area (Å²) in [5, 5.41) is 10.5. The summed E-state index contributed by atoms with van der Waals surface area (Å²) in [6, 6.07) is 12.6. The lowest BCUT2D eigenvalue weighted by Gasteiger charge is -2.05. The van der Waals surface area contributed by atoms with Gasteiger partial charge >= 0.3 is 0 Å². The van der Waals surface area contributed by atoms with Crippen molar-refractivity contribution in [2.75, 3.05) is 6.79 Å². The zero-order valence-corrected chi connectivity index (χ0v) is 13.7. The minimum absolute atomic E-state index is 0.210. The molecule has 1 aliphatic heterocycles. The first kappa shape index (κ1) is 15.9. The highest BCUT2D eigenvalue weighted by Crippen LogP contribution is 2.32. The number of nitrogens with one attached hydrogen (secondary N) is 2. The molecule has 0 saturated carbocycles. The van der Waals surface area contributed by atoms with Crippen LogP contribution in [-0.2, 0) is 11.3 Å². The number of benzene rings is 2. The van der Waals surface area contributed by atoms with E-state index in [-0.39, 0.29) is 24.8 Å². The van der Waals surface area contributed by atoms with E-state index in [4.69, 9.17) is 9.47 Å². The van der Waals surface area contributed by atoms with Crippen molar-refractivity contribution in [2.24, 2.45) is 0 Å². The van der Waals surface area contributed by atoms with Gasteiger partial charge in [0.1, 0.15) is 0 Å². The maximum absolute atomic E-state index is 12.1. The summed E-state index contributed by atoms with van der Waals surface area (Å²) in [6.45, 7) is 0.421. The highest BCUT2D eigenvalue weighted by Gasteiger charge is 2.12.